The maximum atomic E-state index is 9.03. The Balaban J connectivity index is 1.18. The van der Waals surface area contributed by atoms with E-state index in [1.165, 1.54) is 11.1 Å². The molecule has 8 aromatic rings. The maximum absolute atomic E-state index is 9.03. The van der Waals surface area contributed by atoms with Crippen molar-refractivity contribution in [1.82, 2.24) is 19.1 Å². The molecule has 6 heteroatoms. The zero-order valence-electron chi connectivity index (χ0n) is 35.8. The van der Waals surface area contributed by atoms with Crippen LogP contribution in [0, 0.1) is 11.7 Å². The van der Waals surface area contributed by atoms with Gasteiger partial charge >= 0.3 is 0 Å². The van der Waals surface area contributed by atoms with Gasteiger partial charge in [0.2, 0.25) is 0 Å². The lowest BCUT2D eigenvalue weighted by molar-refractivity contribution is -0.599. The molecule has 56 heavy (non-hydrogen) atoms. The zero-order chi connectivity index (χ0) is 41.2. The van der Waals surface area contributed by atoms with E-state index < -0.39 is 11.8 Å². The fraction of sp³-hybridized carbons (Fsp3) is 0.260. The monoisotopic (exact) mass is 739 g/mol. The largest absolute Gasteiger partial charge is 0.458 e. The average Bonchev–Trinajstić information content (AvgIpc) is 3.80. The molecule has 0 N–H and O–H groups in total. The van der Waals surface area contributed by atoms with Crippen LogP contribution in [-0.4, -0.2) is 19.1 Å². The minimum absolute atomic E-state index is 0.00254. The fourth-order valence-corrected chi connectivity index (χ4v) is 7.11. The van der Waals surface area contributed by atoms with Crippen molar-refractivity contribution in [3.05, 3.63) is 157 Å². The molecule has 0 atom stereocenters. The Hall–Kier alpha value is -6.01. The minimum Gasteiger partial charge on any atom is -0.458 e. The van der Waals surface area contributed by atoms with Gasteiger partial charge in [0.1, 0.15) is 17.3 Å². The van der Waals surface area contributed by atoms with E-state index in [0.29, 0.717) is 28.7 Å². The van der Waals surface area contributed by atoms with E-state index >= 15 is 0 Å². The molecule has 282 valence electrons. The molecule has 0 fully saturated rings. The number of rotatable bonds is 7. The van der Waals surface area contributed by atoms with Gasteiger partial charge in [-0.15, -0.1) is 0 Å². The summed E-state index contributed by atoms with van der Waals surface area (Å²) in [6.07, 6.45) is 9.32. The van der Waals surface area contributed by atoms with Crippen molar-refractivity contribution in [3.63, 3.8) is 0 Å². The molecule has 4 aromatic carbocycles. The summed E-state index contributed by atoms with van der Waals surface area (Å²) in [6, 6.07) is 37.2. The van der Waals surface area contributed by atoms with Gasteiger partial charge in [0.25, 0.3) is 6.33 Å². The fourth-order valence-electron chi connectivity index (χ4n) is 7.11. The van der Waals surface area contributed by atoms with Crippen molar-refractivity contribution < 1.29 is 12.0 Å². The average molecular weight is 740 g/mol. The number of nitrogens with zero attached hydrogens (tertiary/aromatic N) is 5. The first-order valence-electron chi connectivity index (χ1n) is 20.3. The second kappa shape index (κ2) is 13.9. The summed E-state index contributed by atoms with van der Waals surface area (Å²) in [5, 5.41) is 2.11. The van der Waals surface area contributed by atoms with E-state index in [-0.39, 0.29) is 10.8 Å². The van der Waals surface area contributed by atoms with Crippen molar-refractivity contribution in [2.24, 2.45) is 5.41 Å². The minimum atomic E-state index is -1.58. The molecule has 0 saturated heterocycles. The van der Waals surface area contributed by atoms with Crippen molar-refractivity contribution in [1.29, 1.82) is 0 Å². The van der Waals surface area contributed by atoms with E-state index in [1.807, 2.05) is 78.7 Å². The molecule has 0 saturated carbocycles. The van der Waals surface area contributed by atoms with E-state index in [9.17, 15) is 0 Å². The molecule has 0 spiro atoms. The van der Waals surface area contributed by atoms with Gasteiger partial charge in [-0.3, -0.25) is 18.7 Å². The maximum Gasteiger partial charge on any atom is 0.270 e. The third-order valence-electron chi connectivity index (χ3n) is 10.0. The van der Waals surface area contributed by atoms with Crippen LogP contribution in [0.15, 0.2) is 134 Å². The van der Waals surface area contributed by atoms with Crippen LogP contribution in [0.3, 0.4) is 0 Å². The Bertz CT molecular complexity index is 2760. The summed E-state index contributed by atoms with van der Waals surface area (Å²) >= 11 is 0. The number of imidazole rings is 1. The van der Waals surface area contributed by atoms with Crippen LogP contribution in [0.25, 0.3) is 50.3 Å². The van der Waals surface area contributed by atoms with Gasteiger partial charge in [-0.05, 0) is 105 Å². The van der Waals surface area contributed by atoms with Crippen LogP contribution in [-0.2, 0) is 17.2 Å². The predicted molar refractivity (Wildman–Crippen MR) is 229 cm³/mol. The molecular weight excluding hydrogens is 687 g/mol. The Morgan fingerprint density at radius 1 is 0.643 bits per heavy atom. The van der Waals surface area contributed by atoms with Gasteiger partial charge < -0.3 is 4.74 Å². The van der Waals surface area contributed by atoms with Gasteiger partial charge in [0.05, 0.1) is 16.7 Å². The van der Waals surface area contributed by atoms with E-state index in [4.69, 9.17) is 12.5 Å². The molecule has 4 aromatic heterocycles. The molecule has 0 amide bonds. The third kappa shape index (κ3) is 7.61. The Morgan fingerprint density at radius 3 is 2.05 bits per heavy atom. The summed E-state index contributed by atoms with van der Waals surface area (Å²) in [4.78, 5) is 9.49. The number of hydrogen-bond acceptors (Lipinski definition) is 3. The Labute approximate surface area is 333 Å². The number of pyridine rings is 2. The van der Waals surface area contributed by atoms with Crippen LogP contribution in [0.1, 0.15) is 81.7 Å². The molecule has 0 unspecified atom stereocenters. The molecule has 0 bridgehead atoms. The standard InChI is InChI=1S/C50H51N5O/c1-48(2,3)32-34-19-21-52-47(25-34)55-44-18-15-36(35-13-11-10-12-14-35)26-43(44)42-17-16-40(30-45(42)55)56-41-20-22-51-46(31-41)54-24-23-53(33-54)39-28-37(49(4,5)6)27-38(29-39)50(7,8)9/h10-31H,32H2,1-9H3/i32D2. The number of ether oxygens (including phenoxy) is 1. The second-order valence-corrected chi connectivity index (χ2v) is 17.7. The van der Waals surface area contributed by atoms with Crippen LogP contribution in [0.2, 0.25) is 0 Å². The predicted octanol–water partition coefficient (Wildman–Crippen LogP) is 12.1. The first kappa shape index (κ1) is 34.5. The molecular formula is C50H51N5O. The lowest BCUT2D eigenvalue weighted by atomic mass is 9.80. The molecule has 0 aliphatic rings. The molecule has 8 rings (SSSR count). The van der Waals surface area contributed by atoms with Gasteiger partial charge in [-0.2, -0.15) is 0 Å². The number of benzene rings is 4. The highest BCUT2D eigenvalue weighted by Crippen LogP contribution is 2.38. The van der Waals surface area contributed by atoms with Crippen LogP contribution in [0.5, 0.6) is 11.5 Å². The summed E-state index contributed by atoms with van der Waals surface area (Å²) in [6.45, 7) is 19.2. The first-order valence-corrected chi connectivity index (χ1v) is 19.3. The lowest BCUT2D eigenvalue weighted by Crippen LogP contribution is -2.30. The van der Waals surface area contributed by atoms with Crippen LogP contribution in [0.4, 0.5) is 0 Å². The van der Waals surface area contributed by atoms with Crippen molar-refractivity contribution in [2.75, 3.05) is 0 Å². The first-order chi connectivity index (χ1) is 27.4. The highest BCUT2D eigenvalue weighted by atomic mass is 16.5. The van der Waals surface area contributed by atoms with Gasteiger partial charge in [0.15, 0.2) is 5.82 Å². The highest BCUT2D eigenvalue weighted by Gasteiger charge is 2.22. The smallest absolute Gasteiger partial charge is 0.270 e. The van der Waals surface area contributed by atoms with Gasteiger partial charge in [-0.25, -0.2) is 4.98 Å². The molecule has 0 radical (unpaired) electrons. The number of hydrogen-bond donors (Lipinski definition) is 0. The summed E-state index contributed by atoms with van der Waals surface area (Å²) < 4.78 is 30.7. The van der Waals surface area contributed by atoms with Gasteiger partial charge in [0, 0.05) is 50.4 Å². The normalized spacial score (nSPS) is 13.2. The Morgan fingerprint density at radius 2 is 1.34 bits per heavy atom. The third-order valence-corrected chi connectivity index (χ3v) is 10.0. The highest BCUT2D eigenvalue weighted by molar-refractivity contribution is 6.10. The van der Waals surface area contributed by atoms with E-state index in [1.54, 1.807) is 18.5 Å². The Kier molecular flexibility index (Phi) is 8.58. The summed E-state index contributed by atoms with van der Waals surface area (Å²) in [7, 11) is 0. The SMILES string of the molecule is [2H]C([2H])(c1ccnc(-n2c3ccc(-c4ccccc4)cc3c3ccc(Oc4ccnc(-n5[c-][n+](-c6cc(C(C)(C)C)cc(C(C)(C)C)c6)cc5)c4)cc32)c1)C(C)(C)C. The van der Waals surface area contributed by atoms with Crippen molar-refractivity contribution in [2.45, 2.75) is 79.5 Å². The van der Waals surface area contributed by atoms with Crippen molar-refractivity contribution >= 4 is 21.8 Å². The summed E-state index contributed by atoms with van der Waals surface area (Å²) in [5.41, 5.74) is 7.69. The number of aromatic nitrogens is 5. The zero-order valence-corrected chi connectivity index (χ0v) is 33.8. The topological polar surface area (TPSA) is 48.8 Å². The number of fused-ring (bicyclic) bond motifs is 3. The van der Waals surface area contributed by atoms with Crippen LogP contribution < -0.4 is 9.30 Å². The van der Waals surface area contributed by atoms with E-state index in [0.717, 1.165) is 38.6 Å². The van der Waals surface area contributed by atoms with Gasteiger partial charge in [-0.1, -0.05) is 105 Å². The van der Waals surface area contributed by atoms with Crippen LogP contribution >= 0.6 is 0 Å². The lowest BCUT2D eigenvalue weighted by Gasteiger charge is -2.26. The molecule has 4 heterocycles. The molecule has 6 nitrogen and oxygen atoms in total. The quantitative estimate of drug-likeness (QED) is 0.121. The second-order valence-electron chi connectivity index (χ2n) is 17.7. The van der Waals surface area contributed by atoms with E-state index in [2.05, 4.69) is 124 Å². The molecule has 0 aliphatic carbocycles. The molecule has 0 aliphatic heterocycles. The summed E-state index contributed by atoms with van der Waals surface area (Å²) in [5.74, 6) is 2.60. The van der Waals surface area contributed by atoms with Crippen molar-refractivity contribution in [3.8, 4) is 39.9 Å².